The van der Waals surface area contributed by atoms with E-state index in [1.54, 1.807) is 18.9 Å². The molecule has 0 radical (unpaired) electrons. The van der Waals surface area contributed by atoms with E-state index in [1.165, 1.54) is 6.20 Å². The molecule has 1 aromatic rings. The monoisotopic (exact) mass is 336 g/mol. The quantitative estimate of drug-likeness (QED) is 0.901. The van der Waals surface area contributed by atoms with E-state index in [4.69, 9.17) is 9.84 Å². The minimum atomic E-state index is -1.09. The first-order valence-corrected chi connectivity index (χ1v) is 7.86. The number of amides is 1. The van der Waals surface area contributed by atoms with Crippen molar-refractivity contribution < 1.29 is 19.4 Å². The first-order chi connectivity index (χ1) is 11.1. The lowest BCUT2D eigenvalue weighted by atomic mass is 10.2. The fraction of sp³-hybridized carbons (Fsp3) is 0.625. The summed E-state index contributed by atoms with van der Waals surface area (Å²) in [6.07, 6.45) is 1.90. The summed E-state index contributed by atoms with van der Waals surface area (Å²) in [5.41, 5.74) is -0.192. The third-order valence-corrected chi connectivity index (χ3v) is 3.85. The Morgan fingerprint density at radius 3 is 2.62 bits per heavy atom. The van der Waals surface area contributed by atoms with E-state index >= 15 is 0 Å². The number of carboxylic acids is 1. The van der Waals surface area contributed by atoms with Gasteiger partial charge in [-0.15, -0.1) is 0 Å². The van der Waals surface area contributed by atoms with Gasteiger partial charge in [0.2, 0.25) is 0 Å². The number of carbonyl (C=O) groups excluding carboxylic acids is 1. The summed E-state index contributed by atoms with van der Waals surface area (Å²) in [5, 5.41) is 9.02. The second-order valence-corrected chi connectivity index (χ2v) is 6.95. The summed E-state index contributed by atoms with van der Waals surface area (Å²) in [5.74, 6) is -0.465. The normalized spacial score (nSPS) is 17.7. The highest BCUT2D eigenvalue weighted by Crippen LogP contribution is 2.22. The van der Waals surface area contributed by atoms with E-state index in [2.05, 4.69) is 9.97 Å². The molecule has 1 aliphatic rings. The molecule has 0 unspecified atom stereocenters. The third-order valence-electron chi connectivity index (χ3n) is 3.85. The maximum Gasteiger partial charge on any atom is 0.410 e. The fourth-order valence-electron chi connectivity index (χ4n) is 2.58. The predicted molar refractivity (Wildman–Crippen MR) is 88.3 cm³/mol. The second kappa shape index (κ2) is 6.62. The molecule has 1 N–H and O–H groups in total. The van der Waals surface area contributed by atoms with Crippen LogP contribution in [0.5, 0.6) is 0 Å². The maximum absolute atomic E-state index is 12.2. The highest BCUT2D eigenvalue weighted by atomic mass is 16.6. The number of rotatable bonds is 3. The number of nitrogens with zero attached hydrogens (tertiary/aromatic N) is 4. The molecular formula is C16H24N4O4. The molecule has 1 aromatic heterocycles. The average molecular weight is 336 g/mol. The molecule has 0 bridgehead atoms. The van der Waals surface area contributed by atoms with Gasteiger partial charge in [-0.3, -0.25) is 0 Å². The molecule has 132 valence electrons. The Morgan fingerprint density at radius 1 is 1.42 bits per heavy atom. The van der Waals surface area contributed by atoms with E-state index in [0.29, 0.717) is 18.1 Å². The summed E-state index contributed by atoms with van der Waals surface area (Å²) >= 11 is 0. The Labute approximate surface area is 141 Å². The van der Waals surface area contributed by atoms with E-state index in [1.807, 2.05) is 25.7 Å². The van der Waals surface area contributed by atoms with Crippen LogP contribution < -0.4 is 4.90 Å². The highest BCUT2D eigenvalue weighted by Gasteiger charge is 2.31. The molecule has 0 saturated carbocycles. The van der Waals surface area contributed by atoms with Crippen molar-refractivity contribution in [3.8, 4) is 0 Å². The van der Waals surface area contributed by atoms with Crippen molar-refractivity contribution in [2.24, 2.45) is 0 Å². The Bertz CT molecular complexity index is 641. The predicted octanol–water partition coefficient (Wildman–Crippen LogP) is 1.93. The molecule has 8 nitrogen and oxygen atoms in total. The molecule has 0 spiro atoms. The summed E-state index contributed by atoms with van der Waals surface area (Å²) in [6.45, 7) is 8.46. The lowest BCUT2D eigenvalue weighted by molar-refractivity contribution is 0.0237. The van der Waals surface area contributed by atoms with Crippen LogP contribution in [0.1, 0.15) is 43.4 Å². The zero-order chi connectivity index (χ0) is 18.1. The van der Waals surface area contributed by atoms with Crippen LogP contribution in [0.2, 0.25) is 0 Å². The van der Waals surface area contributed by atoms with Gasteiger partial charge in [-0.2, -0.15) is 0 Å². The highest BCUT2D eigenvalue weighted by molar-refractivity contribution is 5.86. The SMILES string of the molecule is Cc1nc(N2CC[C@@H](N(C)C(=O)OC(C)(C)C)C2)cnc1C(=O)O. The molecule has 2 rings (SSSR count). The third kappa shape index (κ3) is 4.12. The smallest absolute Gasteiger partial charge is 0.410 e. The molecule has 0 aromatic carbocycles. The molecular weight excluding hydrogens is 312 g/mol. The van der Waals surface area contributed by atoms with Crippen LogP contribution in [0, 0.1) is 6.92 Å². The van der Waals surface area contributed by atoms with Gasteiger partial charge in [-0.05, 0) is 34.1 Å². The molecule has 1 amide bonds. The van der Waals surface area contributed by atoms with Gasteiger partial charge in [-0.1, -0.05) is 0 Å². The number of hydrogen-bond acceptors (Lipinski definition) is 6. The maximum atomic E-state index is 12.2. The van der Waals surface area contributed by atoms with Crippen LogP contribution in [-0.2, 0) is 4.74 Å². The van der Waals surface area contributed by atoms with Crippen molar-refractivity contribution >= 4 is 17.9 Å². The zero-order valence-electron chi connectivity index (χ0n) is 14.7. The molecule has 24 heavy (non-hydrogen) atoms. The molecule has 1 saturated heterocycles. The Kier molecular flexibility index (Phi) is 4.96. The van der Waals surface area contributed by atoms with Gasteiger partial charge < -0.3 is 19.6 Å². The summed E-state index contributed by atoms with van der Waals surface area (Å²) in [6, 6.07) is 0.0149. The van der Waals surface area contributed by atoms with Gasteiger partial charge in [0, 0.05) is 20.1 Å². The van der Waals surface area contributed by atoms with Gasteiger partial charge in [0.1, 0.15) is 11.4 Å². The van der Waals surface area contributed by atoms with Gasteiger partial charge in [-0.25, -0.2) is 19.6 Å². The van der Waals surface area contributed by atoms with Crippen molar-refractivity contribution in [2.45, 2.75) is 45.8 Å². The zero-order valence-corrected chi connectivity index (χ0v) is 14.7. The van der Waals surface area contributed by atoms with Gasteiger partial charge in [0.25, 0.3) is 0 Å². The largest absolute Gasteiger partial charge is 0.476 e. The van der Waals surface area contributed by atoms with Gasteiger partial charge in [0.15, 0.2) is 5.69 Å². The number of carboxylic acid groups (broad SMARTS) is 1. The first-order valence-electron chi connectivity index (χ1n) is 7.86. The number of aryl methyl sites for hydroxylation is 1. The lowest BCUT2D eigenvalue weighted by Crippen LogP contribution is -2.42. The van der Waals surface area contributed by atoms with Crippen LogP contribution in [0.4, 0.5) is 10.6 Å². The van der Waals surface area contributed by atoms with Crippen molar-refractivity contribution in [1.82, 2.24) is 14.9 Å². The number of hydrogen-bond donors (Lipinski definition) is 1. The minimum Gasteiger partial charge on any atom is -0.476 e. The molecule has 0 aliphatic carbocycles. The summed E-state index contributed by atoms with van der Waals surface area (Å²) in [4.78, 5) is 35.1. The van der Waals surface area contributed by atoms with E-state index in [-0.39, 0.29) is 17.8 Å². The average Bonchev–Trinajstić information content (AvgIpc) is 2.93. The van der Waals surface area contributed by atoms with Crippen molar-refractivity contribution in [3.63, 3.8) is 0 Å². The fourth-order valence-corrected chi connectivity index (χ4v) is 2.58. The second-order valence-electron chi connectivity index (χ2n) is 6.95. The topological polar surface area (TPSA) is 95.9 Å². The number of aromatic nitrogens is 2. The Balaban J connectivity index is 2.04. The van der Waals surface area contributed by atoms with E-state index in [0.717, 1.165) is 13.0 Å². The number of carbonyl (C=O) groups is 2. The Morgan fingerprint density at radius 2 is 2.08 bits per heavy atom. The van der Waals surface area contributed by atoms with E-state index < -0.39 is 11.6 Å². The molecule has 1 fully saturated rings. The van der Waals surface area contributed by atoms with Gasteiger partial charge in [0.05, 0.1) is 17.9 Å². The number of anilines is 1. The Hall–Kier alpha value is -2.38. The van der Waals surface area contributed by atoms with Crippen LogP contribution in [0.3, 0.4) is 0 Å². The van der Waals surface area contributed by atoms with Crippen molar-refractivity contribution in [1.29, 1.82) is 0 Å². The van der Waals surface area contributed by atoms with E-state index in [9.17, 15) is 9.59 Å². The van der Waals surface area contributed by atoms with Crippen molar-refractivity contribution in [2.75, 3.05) is 25.0 Å². The first kappa shape index (κ1) is 18.0. The number of likely N-dealkylation sites (N-methyl/N-ethyl adjacent to an activating group) is 1. The van der Waals surface area contributed by atoms with Crippen LogP contribution in [0.15, 0.2) is 6.20 Å². The molecule has 2 heterocycles. The number of ether oxygens (including phenoxy) is 1. The summed E-state index contributed by atoms with van der Waals surface area (Å²) in [7, 11) is 1.73. The van der Waals surface area contributed by atoms with Crippen LogP contribution in [-0.4, -0.2) is 63.8 Å². The summed E-state index contributed by atoms with van der Waals surface area (Å²) < 4.78 is 5.39. The van der Waals surface area contributed by atoms with Crippen LogP contribution in [0.25, 0.3) is 0 Å². The van der Waals surface area contributed by atoms with Gasteiger partial charge >= 0.3 is 12.1 Å². The molecule has 1 atom stereocenters. The van der Waals surface area contributed by atoms with Crippen LogP contribution >= 0.6 is 0 Å². The molecule has 8 heteroatoms. The molecule has 1 aliphatic heterocycles. The number of aromatic carboxylic acids is 1. The van der Waals surface area contributed by atoms with Crippen molar-refractivity contribution in [3.05, 3.63) is 17.6 Å². The lowest BCUT2D eigenvalue weighted by Gasteiger charge is -2.28. The minimum absolute atomic E-state index is 0.0149. The standard InChI is InChI=1S/C16H24N4O4/c1-10-13(14(21)22)17-8-12(18-10)20-7-6-11(9-20)19(5)15(23)24-16(2,3)4/h8,11H,6-7,9H2,1-5H3,(H,21,22)/t11-/m1/s1.